The summed E-state index contributed by atoms with van der Waals surface area (Å²) in [5.74, 6) is 0.721. The molecule has 0 bridgehead atoms. The first-order valence-electron chi connectivity index (χ1n) is 8.18. The van der Waals surface area contributed by atoms with Crippen molar-refractivity contribution in [2.75, 3.05) is 20.2 Å². The number of ether oxygens (including phenoxy) is 1. The van der Waals surface area contributed by atoms with Gasteiger partial charge in [-0.2, -0.15) is 0 Å². The Balaban J connectivity index is 1.88. The minimum Gasteiger partial charge on any atom is -0.495 e. The van der Waals surface area contributed by atoms with Gasteiger partial charge < -0.3 is 9.84 Å². The Morgan fingerprint density at radius 2 is 1.86 bits per heavy atom. The van der Waals surface area contributed by atoms with Gasteiger partial charge in [0.2, 0.25) is 0 Å². The molecule has 1 unspecified atom stereocenters. The van der Waals surface area contributed by atoms with Crippen molar-refractivity contribution in [1.29, 1.82) is 0 Å². The average molecular weight is 290 g/mol. The SMILES string of the molecule is COc1cncc(C(O)C2(N3CCCCC3)CCCC2)c1. The first-order valence-corrected chi connectivity index (χ1v) is 8.18. The van der Waals surface area contributed by atoms with Gasteiger partial charge in [0.05, 0.1) is 24.9 Å². The van der Waals surface area contributed by atoms with E-state index in [0.29, 0.717) is 0 Å². The third kappa shape index (κ3) is 2.79. The number of rotatable bonds is 4. The van der Waals surface area contributed by atoms with Crippen LogP contribution in [0.2, 0.25) is 0 Å². The largest absolute Gasteiger partial charge is 0.495 e. The molecule has 2 heterocycles. The first-order chi connectivity index (χ1) is 10.3. The van der Waals surface area contributed by atoms with Gasteiger partial charge in [-0.05, 0) is 44.8 Å². The molecule has 0 amide bonds. The maximum Gasteiger partial charge on any atom is 0.137 e. The Morgan fingerprint density at radius 3 is 2.52 bits per heavy atom. The van der Waals surface area contributed by atoms with Crippen LogP contribution in [0.3, 0.4) is 0 Å². The van der Waals surface area contributed by atoms with Crippen LogP contribution in [0.5, 0.6) is 5.75 Å². The Hall–Kier alpha value is -1.13. The van der Waals surface area contributed by atoms with Crippen LogP contribution >= 0.6 is 0 Å². The highest BCUT2D eigenvalue weighted by molar-refractivity contribution is 5.28. The van der Waals surface area contributed by atoms with Crippen molar-refractivity contribution < 1.29 is 9.84 Å². The fourth-order valence-electron chi connectivity index (χ4n) is 4.10. The van der Waals surface area contributed by atoms with Gasteiger partial charge in [-0.3, -0.25) is 9.88 Å². The quantitative estimate of drug-likeness (QED) is 0.926. The minimum absolute atomic E-state index is 0.0888. The first kappa shape index (κ1) is 14.8. The van der Waals surface area contributed by atoms with E-state index in [0.717, 1.165) is 37.2 Å². The summed E-state index contributed by atoms with van der Waals surface area (Å²) in [6, 6.07) is 1.93. The molecule has 1 aromatic heterocycles. The van der Waals surface area contributed by atoms with E-state index in [1.165, 1.54) is 32.1 Å². The van der Waals surface area contributed by atoms with Crippen molar-refractivity contribution in [2.24, 2.45) is 0 Å². The zero-order chi connectivity index (χ0) is 14.7. The molecular weight excluding hydrogens is 264 g/mol. The summed E-state index contributed by atoms with van der Waals surface area (Å²) in [7, 11) is 1.64. The lowest BCUT2D eigenvalue weighted by Gasteiger charge is -2.46. The summed E-state index contributed by atoms with van der Waals surface area (Å²) in [5, 5.41) is 11.1. The zero-order valence-electron chi connectivity index (χ0n) is 12.9. The average Bonchev–Trinajstić information content (AvgIpc) is 3.06. The van der Waals surface area contributed by atoms with Crippen molar-refractivity contribution in [3.05, 3.63) is 24.0 Å². The summed E-state index contributed by atoms with van der Waals surface area (Å²) in [6.45, 7) is 2.24. The van der Waals surface area contributed by atoms with Gasteiger partial charge in [0, 0.05) is 11.8 Å². The fourth-order valence-corrected chi connectivity index (χ4v) is 4.10. The van der Waals surface area contributed by atoms with Crippen molar-refractivity contribution in [3.63, 3.8) is 0 Å². The summed E-state index contributed by atoms with van der Waals surface area (Å²) < 4.78 is 5.26. The Kier molecular flexibility index (Phi) is 4.45. The maximum atomic E-state index is 11.1. The molecule has 1 aliphatic carbocycles. The number of hydrogen-bond donors (Lipinski definition) is 1. The number of nitrogens with zero attached hydrogens (tertiary/aromatic N) is 2. The molecule has 1 aliphatic heterocycles. The van der Waals surface area contributed by atoms with Crippen LogP contribution in [0.15, 0.2) is 18.5 Å². The predicted molar refractivity (Wildman–Crippen MR) is 82.4 cm³/mol. The predicted octanol–water partition coefficient (Wildman–Crippen LogP) is 2.92. The molecule has 2 fully saturated rings. The van der Waals surface area contributed by atoms with E-state index in [1.807, 2.05) is 6.07 Å². The highest BCUT2D eigenvalue weighted by Gasteiger charge is 2.46. The highest BCUT2D eigenvalue weighted by atomic mass is 16.5. The maximum absolute atomic E-state index is 11.1. The molecule has 0 aromatic carbocycles. The number of hydrogen-bond acceptors (Lipinski definition) is 4. The third-order valence-corrected chi connectivity index (χ3v) is 5.25. The molecular formula is C17H26N2O2. The van der Waals surface area contributed by atoms with E-state index in [4.69, 9.17) is 4.74 Å². The number of aromatic nitrogens is 1. The molecule has 1 saturated carbocycles. The Bertz CT molecular complexity index is 466. The lowest BCUT2D eigenvalue weighted by Crippen LogP contribution is -2.53. The van der Waals surface area contributed by atoms with Gasteiger partial charge in [-0.25, -0.2) is 0 Å². The van der Waals surface area contributed by atoms with E-state index in [2.05, 4.69) is 9.88 Å². The number of pyridine rings is 1. The van der Waals surface area contributed by atoms with E-state index in [1.54, 1.807) is 19.5 Å². The molecule has 116 valence electrons. The third-order valence-electron chi connectivity index (χ3n) is 5.25. The fraction of sp³-hybridized carbons (Fsp3) is 0.706. The highest BCUT2D eigenvalue weighted by Crippen LogP contribution is 2.45. The number of piperidine rings is 1. The number of aliphatic hydroxyl groups excluding tert-OH is 1. The van der Waals surface area contributed by atoms with Crippen LogP contribution < -0.4 is 4.74 Å². The van der Waals surface area contributed by atoms with Gasteiger partial charge in [0.25, 0.3) is 0 Å². The van der Waals surface area contributed by atoms with Crippen LogP contribution in [0.4, 0.5) is 0 Å². The van der Waals surface area contributed by atoms with Crippen LogP contribution in [0.25, 0.3) is 0 Å². The van der Waals surface area contributed by atoms with Crippen molar-refractivity contribution in [3.8, 4) is 5.75 Å². The van der Waals surface area contributed by atoms with Gasteiger partial charge in [-0.1, -0.05) is 19.3 Å². The van der Waals surface area contributed by atoms with Gasteiger partial charge in [-0.15, -0.1) is 0 Å². The van der Waals surface area contributed by atoms with Crippen molar-refractivity contribution in [1.82, 2.24) is 9.88 Å². The lowest BCUT2D eigenvalue weighted by atomic mass is 9.83. The lowest BCUT2D eigenvalue weighted by molar-refractivity contribution is -0.0407. The molecule has 1 saturated heterocycles. The molecule has 1 N–H and O–H groups in total. The molecule has 0 spiro atoms. The van der Waals surface area contributed by atoms with E-state index < -0.39 is 6.10 Å². The molecule has 0 radical (unpaired) electrons. The number of aliphatic hydroxyl groups is 1. The molecule has 2 aliphatic rings. The Morgan fingerprint density at radius 1 is 1.14 bits per heavy atom. The van der Waals surface area contributed by atoms with Crippen LogP contribution in [0, 0.1) is 0 Å². The molecule has 21 heavy (non-hydrogen) atoms. The second-order valence-corrected chi connectivity index (χ2v) is 6.42. The summed E-state index contributed by atoms with van der Waals surface area (Å²) in [5.41, 5.74) is 0.802. The van der Waals surface area contributed by atoms with Crippen LogP contribution in [-0.4, -0.2) is 40.7 Å². The molecule has 1 atom stereocenters. The van der Waals surface area contributed by atoms with Crippen LogP contribution in [0.1, 0.15) is 56.6 Å². The van der Waals surface area contributed by atoms with Crippen LogP contribution in [-0.2, 0) is 0 Å². The summed E-state index contributed by atoms with van der Waals surface area (Å²) in [4.78, 5) is 6.77. The van der Waals surface area contributed by atoms with Gasteiger partial charge >= 0.3 is 0 Å². The monoisotopic (exact) mass is 290 g/mol. The van der Waals surface area contributed by atoms with E-state index in [9.17, 15) is 5.11 Å². The molecule has 1 aromatic rings. The Labute approximate surface area is 127 Å². The standard InChI is InChI=1S/C17H26N2O2/c1-21-15-11-14(12-18-13-15)16(20)17(7-3-4-8-17)19-9-5-2-6-10-19/h11-13,16,20H,2-10H2,1H3. The topological polar surface area (TPSA) is 45.6 Å². The van der Waals surface area contributed by atoms with Crippen molar-refractivity contribution >= 4 is 0 Å². The van der Waals surface area contributed by atoms with Crippen molar-refractivity contribution in [2.45, 2.75) is 56.6 Å². The summed E-state index contributed by atoms with van der Waals surface area (Å²) in [6.07, 6.45) is 11.4. The summed E-state index contributed by atoms with van der Waals surface area (Å²) >= 11 is 0. The smallest absolute Gasteiger partial charge is 0.137 e. The normalized spacial score (nSPS) is 23.9. The second-order valence-electron chi connectivity index (χ2n) is 6.42. The second kappa shape index (κ2) is 6.32. The van der Waals surface area contributed by atoms with Gasteiger partial charge in [0.1, 0.15) is 5.75 Å². The zero-order valence-corrected chi connectivity index (χ0v) is 12.9. The minimum atomic E-state index is -0.472. The number of likely N-dealkylation sites (tertiary alicyclic amines) is 1. The van der Waals surface area contributed by atoms with Gasteiger partial charge in [0.15, 0.2) is 0 Å². The molecule has 3 rings (SSSR count). The number of methoxy groups -OCH3 is 1. The molecule has 4 heteroatoms. The van der Waals surface area contributed by atoms with E-state index in [-0.39, 0.29) is 5.54 Å². The molecule has 4 nitrogen and oxygen atoms in total. The van der Waals surface area contributed by atoms with E-state index >= 15 is 0 Å².